The van der Waals surface area contributed by atoms with Crippen LogP contribution in [0.4, 0.5) is 0 Å². The van der Waals surface area contributed by atoms with Crippen molar-refractivity contribution in [1.29, 1.82) is 0 Å². The number of carbonyl (C=O) groups excluding carboxylic acids is 2. The van der Waals surface area contributed by atoms with Crippen LogP contribution in [0, 0.1) is 23.7 Å². The first-order chi connectivity index (χ1) is 9.08. The summed E-state index contributed by atoms with van der Waals surface area (Å²) in [5, 5.41) is 0. The Morgan fingerprint density at radius 2 is 1.79 bits per heavy atom. The lowest BCUT2D eigenvalue weighted by molar-refractivity contribution is -0.130. The zero-order valence-electron chi connectivity index (χ0n) is 12.2. The summed E-state index contributed by atoms with van der Waals surface area (Å²) in [5.41, 5.74) is 0. The van der Waals surface area contributed by atoms with Gasteiger partial charge in [-0.3, -0.25) is 9.59 Å². The predicted octanol–water partition coefficient (Wildman–Crippen LogP) is 3.94. The summed E-state index contributed by atoms with van der Waals surface area (Å²) in [4.78, 5) is 22.6. The van der Waals surface area contributed by atoms with Gasteiger partial charge in [0.15, 0.2) is 0 Å². The van der Waals surface area contributed by atoms with Gasteiger partial charge in [0, 0.05) is 0 Å². The van der Waals surface area contributed by atoms with Crippen molar-refractivity contribution in [1.82, 2.24) is 0 Å². The van der Waals surface area contributed by atoms with E-state index in [1.807, 2.05) is 0 Å². The number of ketones is 2. The van der Waals surface area contributed by atoms with Crippen molar-refractivity contribution in [3.63, 3.8) is 0 Å². The van der Waals surface area contributed by atoms with Crippen LogP contribution in [0.5, 0.6) is 0 Å². The first-order valence-electron chi connectivity index (χ1n) is 7.77. The fourth-order valence-electron chi connectivity index (χ4n) is 3.85. The van der Waals surface area contributed by atoms with E-state index < -0.39 is 0 Å². The van der Waals surface area contributed by atoms with E-state index in [-0.39, 0.29) is 17.5 Å². The van der Waals surface area contributed by atoms with Crippen molar-refractivity contribution in [2.24, 2.45) is 23.7 Å². The van der Waals surface area contributed by atoms with Crippen molar-refractivity contribution < 1.29 is 9.59 Å². The molecular formula is C17H26O2. The van der Waals surface area contributed by atoms with E-state index in [2.05, 4.69) is 12.2 Å². The Balaban J connectivity index is 1.58. The molecule has 0 aromatic rings. The highest BCUT2D eigenvalue weighted by atomic mass is 16.1. The maximum Gasteiger partial charge on any atom is 0.140 e. The van der Waals surface area contributed by atoms with Crippen molar-refractivity contribution in [3.8, 4) is 0 Å². The van der Waals surface area contributed by atoms with E-state index >= 15 is 0 Å². The van der Waals surface area contributed by atoms with Crippen molar-refractivity contribution in [2.75, 3.05) is 0 Å². The monoisotopic (exact) mass is 262 g/mol. The Morgan fingerprint density at radius 3 is 2.32 bits per heavy atom. The summed E-state index contributed by atoms with van der Waals surface area (Å²) < 4.78 is 0. The highest BCUT2D eigenvalue weighted by Crippen LogP contribution is 2.45. The molecule has 0 N–H and O–H groups in total. The molecular weight excluding hydrogens is 236 g/mol. The molecule has 2 aliphatic rings. The number of fused-ring (bicyclic) bond motifs is 2. The van der Waals surface area contributed by atoms with Gasteiger partial charge in [-0.1, -0.05) is 31.4 Å². The molecule has 0 aliphatic heterocycles. The van der Waals surface area contributed by atoms with Crippen LogP contribution in [-0.2, 0) is 9.59 Å². The highest BCUT2D eigenvalue weighted by Gasteiger charge is 2.34. The molecule has 19 heavy (non-hydrogen) atoms. The Labute approximate surface area is 116 Å². The van der Waals surface area contributed by atoms with Gasteiger partial charge in [0.05, 0.1) is 5.92 Å². The van der Waals surface area contributed by atoms with Gasteiger partial charge in [-0.05, 0) is 57.3 Å². The molecule has 2 heteroatoms. The second-order valence-electron chi connectivity index (χ2n) is 6.45. The molecule has 0 amide bonds. The van der Waals surface area contributed by atoms with Gasteiger partial charge in [0.25, 0.3) is 0 Å². The smallest absolute Gasteiger partial charge is 0.140 e. The standard InChI is InChI=1S/C17H26O2/c1-12(18)17(13(2)19)7-5-3-4-6-15-10-14-8-9-16(15)11-14/h8-9,14-17H,3-7,10-11H2,1-2H3. The predicted molar refractivity (Wildman–Crippen MR) is 76.8 cm³/mol. The highest BCUT2D eigenvalue weighted by molar-refractivity contribution is 6.00. The molecule has 0 aromatic heterocycles. The molecule has 3 atom stereocenters. The average molecular weight is 262 g/mol. The number of rotatable bonds is 8. The van der Waals surface area contributed by atoms with Crippen LogP contribution in [0.25, 0.3) is 0 Å². The summed E-state index contributed by atoms with van der Waals surface area (Å²) in [7, 11) is 0. The largest absolute Gasteiger partial charge is 0.299 e. The number of hydrogen-bond acceptors (Lipinski definition) is 2. The molecule has 1 fully saturated rings. The molecule has 0 radical (unpaired) electrons. The lowest BCUT2D eigenvalue weighted by Crippen LogP contribution is -2.19. The SMILES string of the molecule is CC(=O)C(CCCCCC1CC2C=CC1C2)C(C)=O. The van der Waals surface area contributed by atoms with E-state index in [0.717, 1.165) is 37.0 Å². The Morgan fingerprint density at radius 1 is 1.05 bits per heavy atom. The number of allylic oxidation sites excluding steroid dienone is 2. The van der Waals surface area contributed by atoms with Gasteiger partial charge in [-0.25, -0.2) is 0 Å². The van der Waals surface area contributed by atoms with Crippen LogP contribution in [0.3, 0.4) is 0 Å². The average Bonchev–Trinajstić information content (AvgIpc) is 2.94. The molecule has 106 valence electrons. The summed E-state index contributed by atoms with van der Waals surface area (Å²) in [6.45, 7) is 3.07. The minimum absolute atomic E-state index is 0.0331. The topological polar surface area (TPSA) is 34.1 Å². The third-order valence-corrected chi connectivity index (χ3v) is 4.97. The van der Waals surface area contributed by atoms with Crippen LogP contribution < -0.4 is 0 Å². The maximum atomic E-state index is 11.3. The van der Waals surface area contributed by atoms with E-state index in [4.69, 9.17) is 0 Å². The summed E-state index contributed by atoms with van der Waals surface area (Å²) >= 11 is 0. The van der Waals surface area contributed by atoms with Gasteiger partial charge >= 0.3 is 0 Å². The first kappa shape index (κ1) is 14.5. The first-order valence-corrected chi connectivity index (χ1v) is 7.77. The Hall–Kier alpha value is -0.920. The molecule has 0 aromatic carbocycles. The number of hydrogen-bond donors (Lipinski definition) is 0. The van der Waals surface area contributed by atoms with E-state index in [9.17, 15) is 9.59 Å². The fourth-order valence-corrected chi connectivity index (χ4v) is 3.85. The minimum atomic E-state index is -0.342. The second kappa shape index (κ2) is 6.49. The lowest BCUT2D eigenvalue weighted by Gasteiger charge is -2.17. The van der Waals surface area contributed by atoms with Gasteiger partial charge in [-0.2, -0.15) is 0 Å². The van der Waals surface area contributed by atoms with E-state index in [1.54, 1.807) is 0 Å². The van der Waals surface area contributed by atoms with E-state index in [0.29, 0.717) is 0 Å². The molecule has 2 rings (SSSR count). The van der Waals surface area contributed by atoms with Crippen LogP contribution in [-0.4, -0.2) is 11.6 Å². The Bertz CT molecular complexity index is 355. The molecule has 3 unspecified atom stereocenters. The third-order valence-electron chi connectivity index (χ3n) is 4.97. The van der Waals surface area contributed by atoms with Crippen molar-refractivity contribution in [3.05, 3.63) is 12.2 Å². The number of Topliss-reactive ketones (excluding diaryl/α,β-unsaturated/α-hetero) is 2. The van der Waals surface area contributed by atoms with Gasteiger partial charge in [-0.15, -0.1) is 0 Å². The normalized spacial score (nSPS) is 28.3. The summed E-state index contributed by atoms with van der Waals surface area (Å²) in [5.74, 6) is 2.36. The third kappa shape index (κ3) is 3.77. The fraction of sp³-hybridized carbons (Fsp3) is 0.765. The van der Waals surface area contributed by atoms with Gasteiger partial charge < -0.3 is 0 Å². The summed E-state index contributed by atoms with van der Waals surface area (Å²) in [6, 6.07) is 0. The molecule has 0 spiro atoms. The molecule has 1 saturated carbocycles. The molecule has 0 heterocycles. The zero-order chi connectivity index (χ0) is 13.8. The molecule has 2 aliphatic carbocycles. The zero-order valence-corrected chi connectivity index (χ0v) is 12.2. The molecule has 2 nitrogen and oxygen atoms in total. The van der Waals surface area contributed by atoms with Crippen LogP contribution >= 0.6 is 0 Å². The maximum absolute atomic E-state index is 11.3. The number of carbonyl (C=O) groups is 2. The van der Waals surface area contributed by atoms with E-state index in [1.165, 1.54) is 39.5 Å². The Kier molecular flexibility index (Phi) is 4.95. The lowest BCUT2D eigenvalue weighted by atomic mass is 9.88. The van der Waals surface area contributed by atoms with Crippen LogP contribution in [0.1, 0.15) is 58.8 Å². The van der Waals surface area contributed by atoms with Gasteiger partial charge in [0.2, 0.25) is 0 Å². The van der Waals surface area contributed by atoms with Crippen LogP contribution in [0.2, 0.25) is 0 Å². The molecule has 0 saturated heterocycles. The molecule has 2 bridgehead atoms. The quantitative estimate of drug-likeness (QED) is 0.377. The van der Waals surface area contributed by atoms with Gasteiger partial charge in [0.1, 0.15) is 11.6 Å². The van der Waals surface area contributed by atoms with Crippen molar-refractivity contribution in [2.45, 2.75) is 58.8 Å². The summed E-state index contributed by atoms with van der Waals surface area (Å²) in [6.07, 6.45) is 13.1. The minimum Gasteiger partial charge on any atom is -0.299 e. The van der Waals surface area contributed by atoms with Crippen LogP contribution in [0.15, 0.2) is 12.2 Å². The van der Waals surface area contributed by atoms with Crippen molar-refractivity contribution >= 4 is 11.6 Å². The number of unbranched alkanes of at least 4 members (excludes halogenated alkanes) is 2. The second-order valence-corrected chi connectivity index (χ2v) is 6.45.